The number of benzene rings is 1. The fourth-order valence-corrected chi connectivity index (χ4v) is 3.32. The molecule has 138 valence electrons. The second-order valence-corrected chi connectivity index (χ2v) is 6.04. The van der Waals surface area contributed by atoms with E-state index in [0.717, 1.165) is 18.4 Å². The number of aromatic nitrogens is 1. The Morgan fingerprint density at radius 3 is 2.54 bits per heavy atom. The Kier molecular flexibility index (Phi) is 5.16. The van der Waals surface area contributed by atoms with Crippen molar-refractivity contribution >= 4 is 5.91 Å². The summed E-state index contributed by atoms with van der Waals surface area (Å²) in [7, 11) is 4.61. The molecule has 2 aromatic rings. The van der Waals surface area contributed by atoms with E-state index in [9.17, 15) is 9.59 Å². The Labute approximate surface area is 151 Å². The van der Waals surface area contributed by atoms with E-state index in [-0.39, 0.29) is 28.8 Å². The van der Waals surface area contributed by atoms with Gasteiger partial charge >= 0.3 is 0 Å². The van der Waals surface area contributed by atoms with E-state index in [1.807, 2.05) is 18.2 Å². The third kappa shape index (κ3) is 3.24. The number of H-pyrrole nitrogens is 1. The number of carbonyl (C=O) groups is 1. The fraction of sp³-hybridized carbons (Fsp3) is 0.368. The maximum atomic E-state index is 13.0. The van der Waals surface area contributed by atoms with Gasteiger partial charge in [-0.25, -0.2) is 0 Å². The van der Waals surface area contributed by atoms with Crippen LogP contribution in [0.25, 0.3) is 0 Å². The number of amides is 1. The van der Waals surface area contributed by atoms with E-state index in [2.05, 4.69) is 4.98 Å². The number of nitrogens with one attached hydrogen (secondary N) is 1. The zero-order valence-electron chi connectivity index (χ0n) is 15.1. The van der Waals surface area contributed by atoms with Crippen LogP contribution in [0.4, 0.5) is 0 Å². The van der Waals surface area contributed by atoms with Crippen LogP contribution in [0.5, 0.6) is 17.2 Å². The van der Waals surface area contributed by atoms with Crippen molar-refractivity contribution in [3.05, 3.63) is 51.9 Å². The number of rotatable bonds is 5. The van der Waals surface area contributed by atoms with Crippen LogP contribution < -0.4 is 19.6 Å². The Morgan fingerprint density at radius 1 is 1.12 bits per heavy atom. The van der Waals surface area contributed by atoms with Crippen LogP contribution >= 0.6 is 0 Å². The molecule has 1 atom stereocenters. The first kappa shape index (κ1) is 17.8. The molecule has 7 heteroatoms. The van der Waals surface area contributed by atoms with Crippen molar-refractivity contribution in [1.82, 2.24) is 9.88 Å². The molecule has 1 fully saturated rings. The molecule has 1 unspecified atom stereocenters. The molecule has 1 aliphatic rings. The molecule has 1 aromatic carbocycles. The van der Waals surface area contributed by atoms with E-state index in [0.29, 0.717) is 18.0 Å². The molecule has 1 saturated heterocycles. The standard InChI is InChI=1S/C19H22N2O5/c1-24-12-6-7-13(17(9-12)25-2)15-5-4-8-21(15)19(23)14-10-16(22)18(26-3)11-20-14/h6-7,9-11,15H,4-5,8H2,1-3H3,(H,20,22). The van der Waals surface area contributed by atoms with Gasteiger partial charge < -0.3 is 24.1 Å². The lowest BCUT2D eigenvalue weighted by Crippen LogP contribution is -2.32. The topological polar surface area (TPSA) is 80.9 Å². The molecule has 1 aromatic heterocycles. The van der Waals surface area contributed by atoms with Gasteiger partial charge in [0, 0.05) is 30.4 Å². The van der Waals surface area contributed by atoms with Gasteiger partial charge in [-0.3, -0.25) is 9.59 Å². The van der Waals surface area contributed by atoms with Gasteiger partial charge in [0.1, 0.15) is 17.2 Å². The van der Waals surface area contributed by atoms with Crippen LogP contribution in [0.3, 0.4) is 0 Å². The Morgan fingerprint density at radius 2 is 1.88 bits per heavy atom. The molecule has 1 N–H and O–H groups in total. The highest BCUT2D eigenvalue weighted by Crippen LogP contribution is 2.39. The molecule has 7 nitrogen and oxygen atoms in total. The Balaban J connectivity index is 1.92. The summed E-state index contributed by atoms with van der Waals surface area (Å²) in [6.07, 6.45) is 3.12. The summed E-state index contributed by atoms with van der Waals surface area (Å²) in [5.74, 6) is 1.33. The Bertz CT molecular complexity index is 861. The highest BCUT2D eigenvalue weighted by atomic mass is 16.5. The van der Waals surface area contributed by atoms with Gasteiger partial charge in [0.25, 0.3) is 5.91 Å². The van der Waals surface area contributed by atoms with Gasteiger partial charge in [-0.2, -0.15) is 0 Å². The normalized spacial score (nSPS) is 16.4. The van der Waals surface area contributed by atoms with Crippen LogP contribution in [-0.2, 0) is 0 Å². The summed E-state index contributed by atoms with van der Waals surface area (Å²) in [6.45, 7) is 0.618. The molecule has 0 aliphatic carbocycles. The maximum Gasteiger partial charge on any atom is 0.270 e. The van der Waals surface area contributed by atoms with Crippen molar-refractivity contribution in [2.45, 2.75) is 18.9 Å². The van der Waals surface area contributed by atoms with Crippen molar-refractivity contribution in [2.24, 2.45) is 0 Å². The van der Waals surface area contributed by atoms with Crippen molar-refractivity contribution < 1.29 is 19.0 Å². The molecular weight excluding hydrogens is 336 g/mol. The molecule has 1 aliphatic heterocycles. The highest BCUT2D eigenvalue weighted by molar-refractivity contribution is 5.93. The monoisotopic (exact) mass is 358 g/mol. The largest absolute Gasteiger partial charge is 0.497 e. The van der Waals surface area contributed by atoms with Crippen LogP contribution in [0.2, 0.25) is 0 Å². The van der Waals surface area contributed by atoms with Crippen LogP contribution in [0.15, 0.2) is 35.3 Å². The summed E-state index contributed by atoms with van der Waals surface area (Å²) < 4.78 is 15.7. The molecule has 0 radical (unpaired) electrons. The molecule has 0 bridgehead atoms. The number of likely N-dealkylation sites (tertiary alicyclic amines) is 1. The maximum absolute atomic E-state index is 13.0. The second kappa shape index (κ2) is 7.51. The first-order chi connectivity index (χ1) is 12.6. The van der Waals surface area contributed by atoms with Gasteiger partial charge in [0.2, 0.25) is 5.43 Å². The third-order valence-electron chi connectivity index (χ3n) is 4.64. The van der Waals surface area contributed by atoms with Gasteiger partial charge in [0.05, 0.1) is 27.4 Å². The molecule has 0 saturated carbocycles. The number of methoxy groups -OCH3 is 3. The predicted octanol–water partition coefficient (Wildman–Crippen LogP) is 2.38. The number of ether oxygens (including phenoxy) is 3. The van der Waals surface area contributed by atoms with E-state index in [1.165, 1.54) is 19.4 Å². The van der Waals surface area contributed by atoms with Crippen molar-refractivity contribution in [3.8, 4) is 17.2 Å². The van der Waals surface area contributed by atoms with Crippen molar-refractivity contribution in [3.63, 3.8) is 0 Å². The lowest BCUT2D eigenvalue weighted by atomic mass is 10.0. The summed E-state index contributed by atoms with van der Waals surface area (Å²) in [6, 6.07) is 6.75. The van der Waals surface area contributed by atoms with Gasteiger partial charge in [-0.15, -0.1) is 0 Å². The van der Waals surface area contributed by atoms with Gasteiger partial charge in [-0.05, 0) is 25.0 Å². The minimum absolute atomic E-state index is 0.117. The van der Waals surface area contributed by atoms with Crippen LogP contribution in [0, 0.1) is 0 Å². The van der Waals surface area contributed by atoms with E-state index < -0.39 is 0 Å². The van der Waals surface area contributed by atoms with Crippen LogP contribution in [-0.4, -0.2) is 43.7 Å². The second-order valence-electron chi connectivity index (χ2n) is 6.04. The number of aromatic amines is 1. The lowest BCUT2D eigenvalue weighted by Gasteiger charge is -2.26. The van der Waals surface area contributed by atoms with E-state index >= 15 is 0 Å². The minimum atomic E-state index is -0.327. The number of hydrogen-bond donors (Lipinski definition) is 1. The van der Waals surface area contributed by atoms with Crippen LogP contribution in [0.1, 0.15) is 34.9 Å². The molecule has 0 spiro atoms. The molecule has 2 heterocycles. The minimum Gasteiger partial charge on any atom is -0.497 e. The van der Waals surface area contributed by atoms with E-state index in [4.69, 9.17) is 14.2 Å². The third-order valence-corrected chi connectivity index (χ3v) is 4.64. The summed E-state index contributed by atoms with van der Waals surface area (Å²) in [4.78, 5) is 29.5. The summed E-state index contributed by atoms with van der Waals surface area (Å²) >= 11 is 0. The number of pyridine rings is 1. The summed E-state index contributed by atoms with van der Waals surface area (Å²) in [5, 5.41) is 0. The smallest absolute Gasteiger partial charge is 0.270 e. The van der Waals surface area contributed by atoms with Crippen molar-refractivity contribution in [1.29, 1.82) is 0 Å². The number of hydrogen-bond acceptors (Lipinski definition) is 5. The van der Waals surface area contributed by atoms with Gasteiger partial charge in [0.15, 0.2) is 5.75 Å². The average molecular weight is 358 g/mol. The lowest BCUT2D eigenvalue weighted by molar-refractivity contribution is 0.0728. The SMILES string of the molecule is COc1ccc(C2CCCN2C(=O)c2cc(=O)c(OC)c[nH]2)c(OC)c1. The predicted molar refractivity (Wildman–Crippen MR) is 96.2 cm³/mol. The first-order valence-corrected chi connectivity index (χ1v) is 8.38. The number of nitrogens with zero attached hydrogens (tertiary/aromatic N) is 1. The zero-order chi connectivity index (χ0) is 18.7. The Hall–Kier alpha value is -2.96. The first-order valence-electron chi connectivity index (χ1n) is 8.38. The van der Waals surface area contributed by atoms with E-state index in [1.54, 1.807) is 19.1 Å². The molecule has 1 amide bonds. The number of carbonyl (C=O) groups excluding carboxylic acids is 1. The quantitative estimate of drug-likeness (QED) is 0.888. The summed E-state index contributed by atoms with van der Waals surface area (Å²) in [5.41, 5.74) is 0.845. The van der Waals surface area contributed by atoms with Gasteiger partial charge in [-0.1, -0.05) is 0 Å². The molecule has 3 rings (SSSR count). The average Bonchev–Trinajstić information content (AvgIpc) is 3.16. The zero-order valence-corrected chi connectivity index (χ0v) is 15.1. The molecular formula is C19H22N2O5. The van der Waals surface area contributed by atoms with Crippen molar-refractivity contribution in [2.75, 3.05) is 27.9 Å². The highest BCUT2D eigenvalue weighted by Gasteiger charge is 2.33. The molecule has 26 heavy (non-hydrogen) atoms. The fourth-order valence-electron chi connectivity index (χ4n) is 3.32.